The standard InChI is InChI=1S/C70H89N3O13S/c1-4-66(74)81-47-21-13-11-19-45-79-58-33-37-60(38-34-58)85-68(76)55-29-25-53(26-30-55)51-83-62-41-42-64(57(49-62)50-71-73(43-17-9-7-8-10-18-44-78-6-3)70-72-63-23-15-16-24-65(63)87-70)84-52-54-27-31-56(32-28-54)69(77)86-61-39-35-59(36-40-61)80-46-20-12-14-22-48-82-67(75)5-2/h4-6,15-16,23-24,33-42,49-50,53-56H,1-3,7-14,17-22,25-32,43-48,51-52H2/b71-50+. The van der Waals surface area contributed by atoms with Gasteiger partial charge in [-0.15, -0.1) is 0 Å². The third-order valence-corrected chi connectivity index (χ3v) is 16.7. The molecule has 7 rings (SSSR count). The number of fused-ring (bicyclic) bond motifs is 1. The zero-order chi connectivity index (χ0) is 61.1. The number of hydrogen-bond acceptors (Lipinski definition) is 17. The van der Waals surface area contributed by atoms with Crippen LogP contribution in [0.3, 0.4) is 0 Å². The number of thiazole rings is 1. The quantitative estimate of drug-likeness (QED) is 0.00685. The van der Waals surface area contributed by atoms with Gasteiger partial charge in [0.05, 0.1) is 80.8 Å². The van der Waals surface area contributed by atoms with Gasteiger partial charge < -0.3 is 42.6 Å². The maximum Gasteiger partial charge on any atom is 0.330 e. The molecule has 2 saturated carbocycles. The topological polar surface area (TPSA) is 180 Å². The predicted molar refractivity (Wildman–Crippen MR) is 341 cm³/mol. The highest BCUT2D eigenvalue weighted by Crippen LogP contribution is 2.35. The first-order valence-corrected chi connectivity index (χ1v) is 32.2. The molecule has 1 aromatic heterocycles. The number of carbonyl (C=O) groups is 4. The number of carbonyl (C=O) groups excluding carboxylic acids is 4. The molecule has 0 aliphatic heterocycles. The molecule has 468 valence electrons. The van der Waals surface area contributed by atoms with Gasteiger partial charge >= 0.3 is 23.9 Å². The van der Waals surface area contributed by atoms with Crippen molar-refractivity contribution in [3.8, 4) is 34.5 Å². The molecule has 0 atom stereocenters. The van der Waals surface area contributed by atoms with E-state index in [4.69, 9.17) is 52.7 Å². The molecule has 0 N–H and O–H groups in total. The molecule has 0 spiro atoms. The Morgan fingerprint density at radius 3 is 1.52 bits per heavy atom. The number of ether oxygens (including phenoxy) is 9. The van der Waals surface area contributed by atoms with E-state index in [1.165, 1.54) is 18.4 Å². The number of esters is 4. The van der Waals surface area contributed by atoms with Crippen molar-refractivity contribution >= 4 is 56.8 Å². The van der Waals surface area contributed by atoms with Crippen LogP contribution in [-0.2, 0) is 33.4 Å². The molecule has 0 radical (unpaired) electrons. The Morgan fingerprint density at radius 1 is 0.517 bits per heavy atom. The lowest BCUT2D eigenvalue weighted by Gasteiger charge is -2.28. The minimum absolute atomic E-state index is 0.186. The van der Waals surface area contributed by atoms with E-state index in [1.54, 1.807) is 35.6 Å². The van der Waals surface area contributed by atoms with E-state index in [0.717, 1.165) is 149 Å². The van der Waals surface area contributed by atoms with E-state index in [0.29, 0.717) is 100 Å². The predicted octanol–water partition coefficient (Wildman–Crippen LogP) is 15.6. The molecule has 87 heavy (non-hydrogen) atoms. The van der Waals surface area contributed by atoms with Gasteiger partial charge in [-0.05, 0) is 206 Å². The molecular formula is C70H89N3O13S. The zero-order valence-corrected chi connectivity index (χ0v) is 51.5. The largest absolute Gasteiger partial charge is 0.502 e. The third kappa shape index (κ3) is 24.6. The Kier molecular flexibility index (Phi) is 29.6. The minimum atomic E-state index is -0.395. The number of benzene rings is 4. The second-order valence-electron chi connectivity index (χ2n) is 22.3. The number of rotatable bonds is 41. The summed E-state index contributed by atoms with van der Waals surface area (Å²) in [6, 6.07) is 28.5. The zero-order valence-electron chi connectivity index (χ0n) is 50.7. The fraction of sp³-hybridized carbons (Fsp3) is 0.486. The molecule has 2 aliphatic carbocycles. The molecule has 0 saturated heterocycles. The summed E-state index contributed by atoms with van der Waals surface area (Å²) in [5, 5.41) is 7.97. The fourth-order valence-electron chi connectivity index (χ4n) is 10.5. The minimum Gasteiger partial charge on any atom is -0.502 e. The molecule has 0 amide bonds. The van der Waals surface area contributed by atoms with Crippen molar-refractivity contribution in [1.82, 2.24) is 4.98 Å². The highest BCUT2D eigenvalue weighted by Gasteiger charge is 2.30. The Morgan fingerprint density at radius 2 is 0.989 bits per heavy atom. The number of hydrogen-bond donors (Lipinski definition) is 0. The smallest absolute Gasteiger partial charge is 0.330 e. The summed E-state index contributed by atoms with van der Waals surface area (Å²) in [5.41, 5.74) is 1.73. The maximum absolute atomic E-state index is 13.4. The van der Waals surface area contributed by atoms with Gasteiger partial charge in [-0.25, -0.2) is 19.6 Å². The lowest BCUT2D eigenvalue weighted by atomic mass is 9.82. The molecule has 2 aliphatic rings. The number of para-hydroxylation sites is 1. The van der Waals surface area contributed by atoms with Crippen LogP contribution < -0.4 is 33.4 Å². The molecule has 0 bridgehead atoms. The maximum atomic E-state index is 13.4. The normalized spacial score (nSPS) is 16.5. The van der Waals surface area contributed by atoms with E-state index in [-0.39, 0.29) is 35.6 Å². The molecule has 2 fully saturated rings. The molecule has 1 heterocycles. The van der Waals surface area contributed by atoms with Gasteiger partial charge in [0.2, 0.25) is 5.13 Å². The van der Waals surface area contributed by atoms with Crippen LogP contribution in [0.2, 0.25) is 0 Å². The van der Waals surface area contributed by atoms with Crippen LogP contribution in [-0.4, -0.2) is 87.9 Å². The summed E-state index contributed by atoms with van der Waals surface area (Å²) >= 11 is 1.63. The molecule has 4 aromatic carbocycles. The molecular weight excluding hydrogens is 1120 g/mol. The average molecular weight is 1210 g/mol. The third-order valence-electron chi connectivity index (χ3n) is 15.7. The first-order chi connectivity index (χ1) is 42.7. The summed E-state index contributed by atoms with van der Waals surface area (Å²) in [6.45, 7) is 14.8. The number of unbranched alkanes of at least 4 members (excludes halogenated alkanes) is 11. The Balaban J connectivity index is 0.899. The van der Waals surface area contributed by atoms with Crippen molar-refractivity contribution < 1.29 is 61.8 Å². The molecule has 0 unspecified atom stereocenters. The Hall–Kier alpha value is -7.66. The van der Waals surface area contributed by atoms with E-state index in [1.807, 2.05) is 71.9 Å². The highest BCUT2D eigenvalue weighted by atomic mass is 32.1. The van der Waals surface area contributed by atoms with Crippen LogP contribution in [0.15, 0.2) is 134 Å². The van der Waals surface area contributed by atoms with Crippen molar-refractivity contribution in [3.63, 3.8) is 0 Å². The van der Waals surface area contributed by atoms with Crippen molar-refractivity contribution in [1.29, 1.82) is 0 Å². The van der Waals surface area contributed by atoms with Gasteiger partial charge in [-0.2, -0.15) is 5.10 Å². The second-order valence-corrected chi connectivity index (χ2v) is 23.3. The van der Waals surface area contributed by atoms with Crippen LogP contribution in [0.1, 0.15) is 147 Å². The van der Waals surface area contributed by atoms with Crippen LogP contribution >= 0.6 is 11.3 Å². The number of anilines is 1. The second kappa shape index (κ2) is 38.5. The summed E-state index contributed by atoms with van der Waals surface area (Å²) < 4.78 is 53.1. The van der Waals surface area contributed by atoms with Gasteiger partial charge in [0.25, 0.3) is 0 Å². The lowest BCUT2D eigenvalue weighted by molar-refractivity contribution is -0.141. The van der Waals surface area contributed by atoms with E-state index in [2.05, 4.69) is 25.8 Å². The molecule has 16 nitrogen and oxygen atoms in total. The van der Waals surface area contributed by atoms with Crippen molar-refractivity contribution in [3.05, 3.63) is 135 Å². The SMILES string of the molecule is C=COCCCCCCCCN(/N=C/c1cc(OCC2CCC(C(=O)Oc3ccc(OCCCCCCOC(=O)C=C)cc3)CC2)ccc1OCC1CCC(C(=O)Oc2ccc(OCCCCCCOC(=O)C=C)cc2)CC1)c1nc2ccccc2s1. The monoisotopic (exact) mass is 1210 g/mol. The Labute approximate surface area is 518 Å². The number of aromatic nitrogens is 1. The average Bonchev–Trinajstić information content (AvgIpc) is 3.44. The van der Waals surface area contributed by atoms with E-state index >= 15 is 0 Å². The van der Waals surface area contributed by atoms with Crippen LogP contribution in [0, 0.1) is 23.7 Å². The number of hydrazone groups is 1. The lowest BCUT2D eigenvalue weighted by Crippen LogP contribution is -2.28. The van der Waals surface area contributed by atoms with Crippen molar-refractivity contribution in [2.75, 3.05) is 57.8 Å². The molecule has 17 heteroatoms. The first-order valence-electron chi connectivity index (χ1n) is 31.4. The van der Waals surface area contributed by atoms with Crippen molar-refractivity contribution in [2.45, 2.75) is 141 Å². The highest BCUT2D eigenvalue weighted by molar-refractivity contribution is 7.22. The Bertz CT molecular complexity index is 2880. The van der Waals surface area contributed by atoms with Gasteiger partial charge in [0.15, 0.2) is 0 Å². The van der Waals surface area contributed by atoms with Gasteiger partial charge in [-0.1, -0.05) is 68.9 Å². The van der Waals surface area contributed by atoms with Crippen molar-refractivity contribution in [2.24, 2.45) is 28.8 Å². The first kappa shape index (κ1) is 66.9. The number of nitrogens with zero attached hydrogens (tertiary/aromatic N) is 3. The van der Waals surface area contributed by atoms with Crippen LogP contribution in [0.25, 0.3) is 10.2 Å². The summed E-state index contributed by atoms with van der Waals surface area (Å²) in [4.78, 5) is 54.0. The summed E-state index contributed by atoms with van der Waals surface area (Å²) in [7, 11) is 0. The summed E-state index contributed by atoms with van der Waals surface area (Å²) in [5.74, 6) is 2.76. The fourth-order valence-corrected chi connectivity index (χ4v) is 11.5. The van der Waals surface area contributed by atoms with E-state index < -0.39 is 11.9 Å². The van der Waals surface area contributed by atoms with Gasteiger partial charge in [0, 0.05) is 24.3 Å². The van der Waals surface area contributed by atoms with Gasteiger partial charge in [0.1, 0.15) is 34.5 Å². The molecule has 5 aromatic rings. The van der Waals surface area contributed by atoms with Crippen LogP contribution in [0.4, 0.5) is 5.13 Å². The van der Waals surface area contributed by atoms with Crippen LogP contribution in [0.5, 0.6) is 34.5 Å². The summed E-state index contributed by atoms with van der Waals surface area (Å²) in [6.07, 6.45) is 25.5. The van der Waals surface area contributed by atoms with Gasteiger partial charge in [-0.3, -0.25) is 9.59 Å². The van der Waals surface area contributed by atoms with E-state index in [9.17, 15) is 19.2 Å².